The van der Waals surface area contributed by atoms with E-state index in [2.05, 4.69) is 26.2 Å². The second kappa shape index (κ2) is 6.71. The van der Waals surface area contributed by atoms with Crippen molar-refractivity contribution in [2.24, 2.45) is 0 Å². The van der Waals surface area contributed by atoms with Crippen LogP contribution in [0.25, 0.3) is 0 Å². The van der Waals surface area contributed by atoms with E-state index in [4.69, 9.17) is 4.74 Å². The van der Waals surface area contributed by atoms with Crippen molar-refractivity contribution in [2.45, 2.75) is 6.42 Å². The number of hydrogen-bond donors (Lipinski definition) is 2. The predicted octanol–water partition coefficient (Wildman–Crippen LogP) is 3.49. The molecule has 0 unspecified atom stereocenters. The number of phenols is 1. The second-order valence-electron chi connectivity index (χ2n) is 4.27. The number of aromatic hydroxyl groups is 1. The molecule has 0 saturated heterocycles. The molecule has 0 bridgehead atoms. The van der Waals surface area contributed by atoms with Crippen molar-refractivity contribution in [1.29, 1.82) is 0 Å². The van der Waals surface area contributed by atoms with E-state index in [1.165, 1.54) is 7.11 Å². The maximum atomic E-state index is 13.4. The van der Waals surface area contributed by atoms with Gasteiger partial charge in [0.1, 0.15) is 5.69 Å². The molecule has 1 aromatic heterocycles. The molecule has 1 aromatic carbocycles. The average Bonchev–Trinajstić information content (AvgIpc) is 2.45. The molecule has 0 amide bonds. The van der Waals surface area contributed by atoms with E-state index in [9.17, 15) is 13.9 Å². The first-order chi connectivity index (χ1) is 10.0. The van der Waals surface area contributed by atoms with Crippen LogP contribution in [0.15, 0.2) is 29.0 Å². The fraction of sp³-hybridized carbons (Fsp3) is 0.214. The quantitative estimate of drug-likeness (QED) is 0.858. The van der Waals surface area contributed by atoms with Crippen LogP contribution in [0.4, 0.5) is 14.5 Å². The first-order valence-electron chi connectivity index (χ1n) is 6.11. The molecule has 0 radical (unpaired) electrons. The van der Waals surface area contributed by atoms with Crippen LogP contribution >= 0.6 is 15.9 Å². The van der Waals surface area contributed by atoms with Gasteiger partial charge in [-0.2, -0.15) is 0 Å². The molecule has 2 N–H and O–H groups in total. The van der Waals surface area contributed by atoms with E-state index < -0.39 is 11.6 Å². The molecule has 0 atom stereocenters. The van der Waals surface area contributed by atoms with Gasteiger partial charge in [0.05, 0.1) is 19.5 Å². The van der Waals surface area contributed by atoms with E-state index in [-0.39, 0.29) is 11.4 Å². The SMILES string of the molecule is COc1cc(Br)c(CCNc2c(F)cncc2F)cc1O. The van der Waals surface area contributed by atoms with E-state index in [1.807, 2.05) is 0 Å². The molecule has 112 valence electrons. The Labute approximate surface area is 128 Å². The molecular weight excluding hydrogens is 346 g/mol. The van der Waals surface area contributed by atoms with Gasteiger partial charge in [0.25, 0.3) is 0 Å². The van der Waals surface area contributed by atoms with Gasteiger partial charge in [-0.05, 0) is 24.1 Å². The van der Waals surface area contributed by atoms with Crippen molar-refractivity contribution in [3.63, 3.8) is 0 Å². The first-order valence-corrected chi connectivity index (χ1v) is 6.90. The summed E-state index contributed by atoms with van der Waals surface area (Å²) < 4.78 is 32.5. The molecule has 0 saturated carbocycles. The van der Waals surface area contributed by atoms with Gasteiger partial charge in [-0.15, -0.1) is 0 Å². The van der Waals surface area contributed by atoms with Crippen LogP contribution in [0.3, 0.4) is 0 Å². The summed E-state index contributed by atoms with van der Waals surface area (Å²) in [5, 5.41) is 12.4. The minimum atomic E-state index is -0.744. The zero-order valence-electron chi connectivity index (χ0n) is 11.2. The third-order valence-corrected chi connectivity index (χ3v) is 3.64. The predicted molar refractivity (Wildman–Crippen MR) is 78.7 cm³/mol. The fourth-order valence-corrected chi connectivity index (χ4v) is 2.36. The lowest BCUT2D eigenvalue weighted by Crippen LogP contribution is -2.09. The molecule has 21 heavy (non-hydrogen) atoms. The summed E-state index contributed by atoms with van der Waals surface area (Å²) in [6, 6.07) is 3.18. The highest BCUT2D eigenvalue weighted by molar-refractivity contribution is 9.10. The highest BCUT2D eigenvalue weighted by atomic mass is 79.9. The van der Waals surface area contributed by atoms with Gasteiger partial charge in [0, 0.05) is 11.0 Å². The Balaban J connectivity index is 2.06. The Hall–Kier alpha value is -1.89. The number of pyridine rings is 1. The number of hydrogen-bond acceptors (Lipinski definition) is 4. The van der Waals surface area contributed by atoms with Gasteiger partial charge < -0.3 is 15.2 Å². The van der Waals surface area contributed by atoms with Crippen LogP contribution < -0.4 is 10.1 Å². The number of anilines is 1. The number of rotatable bonds is 5. The third-order valence-electron chi connectivity index (χ3n) is 2.90. The molecule has 0 fully saturated rings. The monoisotopic (exact) mass is 358 g/mol. The van der Waals surface area contributed by atoms with E-state index in [1.54, 1.807) is 12.1 Å². The number of halogens is 3. The second-order valence-corrected chi connectivity index (χ2v) is 5.12. The number of nitrogens with zero attached hydrogens (tertiary/aromatic N) is 1. The van der Waals surface area contributed by atoms with Gasteiger partial charge in [0.2, 0.25) is 0 Å². The summed E-state index contributed by atoms with van der Waals surface area (Å²) in [5.41, 5.74) is 0.578. The zero-order chi connectivity index (χ0) is 15.4. The van der Waals surface area contributed by atoms with Crippen molar-refractivity contribution in [3.05, 3.63) is 46.2 Å². The topological polar surface area (TPSA) is 54.4 Å². The van der Waals surface area contributed by atoms with Crippen LogP contribution in [0.5, 0.6) is 11.5 Å². The van der Waals surface area contributed by atoms with Crippen molar-refractivity contribution < 1.29 is 18.6 Å². The summed E-state index contributed by atoms with van der Waals surface area (Å²) in [7, 11) is 1.46. The molecular formula is C14H13BrF2N2O2. The largest absolute Gasteiger partial charge is 0.504 e. The molecule has 0 aliphatic carbocycles. The van der Waals surface area contributed by atoms with E-state index >= 15 is 0 Å². The summed E-state index contributed by atoms with van der Waals surface area (Å²) >= 11 is 3.36. The summed E-state index contributed by atoms with van der Waals surface area (Å²) in [6.45, 7) is 0.294. The third kappa shape index (κ3) is 3.60. The van der Waals surface area contributed by atoms with Crippen LogP contribution in [-0.4, -0.2) is 23.7 Å². The lowest BCUT2D eigenvalue weighted by atomic mass is 10.1. The number of ether oxygens (including phenoxy) is 1. The van der Waals surface area contributed by atoms with Crippen LogP contribution in [0, 0.1) is 11.6 Å². The lowest BCUT2D eigenvalue weighted by Gasteiger charge is -2.11. The summed E-state index contributed by atoms with van der Waals surface area (Å²) in [5.74, 6) is -1.12. The molecule has 4 nitrogen and oxygen atoms in total. The average molecular weight is 359 g/mol. The zero-order valence-corrected chi connectivity index (χ0v) is 12.7. The van der Waals surface area contributed by atoms with Crippen LogP contribution in [-0.2, 0) is 6.42 Å². The van der Waals surface area contributed by atoms with Crippen molar-refractivity contribution in [3.8, 4) is 11.5 Å². The highest BCUT2D eigenvalue weighted by Crippen LogP contribution is 2.32. The molecule has 0 aliphatic rings. The Morgan fingerprint density at radius 2 is 1.95 bits per heavy atom. The maximum Gasteiger partial charge on any atom is 0.167 e. The van der Waals surface area contributed by atoms with Crippen molar-refractivity contribution in [1.82, 2.24) is 4.98 Å². The minimum absolute atomic E-state index is 0.0111. The van der Waals surface area contributed by atoms with Crippen LogP contribution in [0.2, 0.25) is 0 Å². The number of benzene rings is 1. The van der Waals surface area contributed by atoms with Crippen molar-refractivity contribution in [2.75, 3.05) is 19.0 Å². The first kappa shape index (κ1) is 15.5. The Morgan fingerprint density at radius 3 is 2.57 bits per heavy atom. The van der Waals surface area contributed by atoms with E-state index in [0.29, 0.717) is 18.7 Å². The molecule has 0 aliphatic heterocycles. The lowest BCUT2D eigenvalue weighted by molar-refractivity contribution is 0.372. The highest BCUT2D eigenvalue weighted by Gasteiger charge is 2.10. The van der Waals surface area contributed by atoms with Crippen LogP contribution in [0.1, 0.15) is 5.56 Å². The maximum absolute atomic E-state index is 13.4. The Kier molecular flexibility index (Phi) is 4.95. The molecule has 2 rings (SSSR count). The number of phenolic OH excluding ortho intramolecular Hbond substituents is 1. The summed E-state index contributed by atoms with van der Waals surface area (Å²) in [6.07, 6.45) is 2.35. The smallest absolute Gasteiger partial charge is 0.167 e. The normalized spacial score (nSPS) is 10.5. The van der Waals surface area contributed by atoms with Gasteiger partial charge in [-0.25, -0.2) is 8.78 Å². The number of aromatic nitrogens is 1. The molecule has 2 aromatic rings. The van der Waals surface area contributed by atoms with Gasteiger partial charge in [-0.1, -0.05) is 15.9 Å². The van der Waals surface area contributed by atoms with E-state index in [0.717, 1.165) is 22.4 Å². The van der Waals surface area contributed by atoms with Crippen molar-refractivity contribution >= 4 is 21.6 Å². The molecule has 1 heterocycles. The van der Waals surface area contributed by atoms with Gasteiger partial charge in [0.15, 0.2) is 23.1 Å². The van der Waals surface area contributed by atoms with Gasteiger partial charge in [-0.3, -0.25) is 4.98 Å². The summed E-state index contributed by atoms with van der Waals surface area (Å²) in [4.78, 5) is 3.41. The Morgan fingerprint density at radius 1 is 1.29 bits per heavy atom. The Bertz CT molecular complexity index is 633. The molecule has 0 spiro atoms. The number of nitrogens with one attached hydrogen (secondary N) is 1. The van der Waals surface area contributed by atoms with Gasteiger partial charge >= 0.3 is 0 Å². The molecule has 7 heteroatoms. The standard InChI is InChI=1S/C14H13BrF2N2O2/c1-21-13-5-9(15)8(4-12(13)20)2-3-19-14-10(16)6-18-7-11(14)17/h4-7,20H,2-3H2,1H3,(H,18,19). The minimum Gasteiger partial charge on any atom is -0.504 e. The fourth-order valence-electron chi connectivity index (χ4n) is 1.84. The number of methoxy groups -OCH3 is 1.